The van der Waals surface area contributed by atoms with Gasteiger partial charge < -0.3 is 15.4 Å². The van der Waals surface area contributed by atoms with Gasteiger partial charge in [-0.05, 0) is 60.2 Å². The number of nitrogens with one attached hydrogen (secondary N) is 2. The molecule has 0 bridgehead atoms. The van der Waals surface area contributed by atoms with E-state index < -0.39 is 0 Å². The topological polar surface area (TPSA) is 76.1 Å². The van der Waals surface area contributed by atoms with Crippen molar-refractivity contribution in [3.63, 3.8) is 0 Å². The fourth-order valence-corrected chi connectivity index (χ4v) is 3.19. The number of ether oxygens (including phenoxy) is 1. The van der Waals surface area contributed by atoms with Crippen molar-refractivity contribution in [3.05, 3.63) is 101 Å². The van der Waals surface area contributed by atoms with Crippen LogP contribution in [-0.4, -0.2) is 23.0 Å². The maximum absolute atomic E-state index is 12.4. The lowest BCUT2D eigenvalue weighted by molar-refractivity contribution is 0.0951. The van der Waals surface area contributed by atoms with Crippen LogP contribution in [0.4, 0.5) is 11.6 Å². The zero-order valence-corrected chi connectivity index (χ0v) is 18.1. The number of benzene rings is 3. The van der Waals surface area contributed by atoms with Crippen LogP contribution in [0.5, 0.6) is 5.75 Å². The molecule has 2 N–H and O–H groups in total. The summed E-state index contributed by atoms with van der Waals surface area (Å²) in [5, 5.41) is 6.76. The molecule has 32 heavy (non-hydrogen) atoms. The minimum Gasteiger partial charge on any atom is -0.497 e. The zero-order chi connectivity index (χ0) is 22.3. The standard InChI is InChI=1S/C25H21ClN4O2/c1-32-22-12-2-17(3-13-22)16-28-24(31)19-6-10-21(11-7-19)29-25-27-15-14-23(30-25)18-4-8-20(26)9-5-18/h2-15H,16H2,1H3,(H,28,31)(H,27,29,30). The van der Waals surface area contributed by atoms with Gasteiger partial charge in [0.25, 0.3) is 5.91 Å². The lowest BCUT2D eigenvalue weighted by Crippen LogP contribution is -2.22. The van der Waals surface area contributed by atoms with Crippen molar-refractivity contribution in [1.82, 2.24) is 15.3 Å². The van der Waals surface area contributed by atoms with E-state index >= 15 is 0 Å². The fourth-order valence-electron chi connectivity index (χ4n) is 3.06. The molecule has 0 radical (unpaired) electrons. The van der Waals surface area contributed by atoms with Crippen LogP contribution < -0.4 is 15.4 Å². The second kappa shape index (κ2) is 9.94. The van der Waals surface area contributed by atoms with Crippen LogP contribution in [0.15, 0.2) is 85.1 Å². The van der Waals surface area contributed by atoms with E-state index in [0.717, 1.165) is 28.3 Å². The summed E-state index contributed by atoms with van der Waals surface area (Å²) in [6.07, 6.45) is 1.69. The smallest absolute Gasteiger partial charge is 0.251 e. The molecule has 3 aromatic carbocycles. The van der Waals surface area contributed by atoms with Gasteiger partial charge in [0.15, 0.2) is 0 Å². The number of hydrogen-bond acceptors (Lipinski definition) is 5. The first-order chi connectivity index (χ1) is 15.6. The van der Waals surface area contributed by atoms with Crippen molar-refractivity contribution in [1.29, 1.82) is 0 Å². The van der Waals surface area contributed by atoms with Crippen molar-refractivity contribution in [2.24, 2.45) is 0 Å². The van der Waals surface area contributed by atoms with Gasteiger partial charge in [-0.1, -0.05) is 35.9 Å². The summed E-state index contributed by atoms with van der Waals surface area (Å²) >= 11 is 5.96. The SMILES string of the molecule is COc1ccc(CNC(=O)c2ccc(Nc3nccc(-c4ccc(Cl)cc4)n3)cc2)cc1. The Balaban J connectivity index is 1.37. The Kier molecular flexibility index (Phi) is 6.63. The van der Waals surface area contributed by atoms with Crippen molar-refractivity contribution < 1.29 is 9.53 Å². The molecule has 1 amide bonds. The maximum Gasteiger partial charge on any atom is 0.251 e. The Morgan fingerprint density at radius 2 is 1.66 bits per heavy atom. The average molecular weight is 445 g/mol. The molecule has 4 rings (SSSR count). The number of carbonyl (C=O) groups is 1. The van der Waals surface area contributed by atoms with Gasteiger partial charge in [-0.2, -0.15) is 0 Å². The highest BCUT2D eigenvalue weighted by molar-refractivity contribution is 6.30. The minimum absolute atomic E-state index is 0.145. The monoisotopic (exact) mass is 444 g/mol. The molecule has 1 aromatic heterocycles. The minimum atomic E-state index is -0.145. The van der Waals surface area contributed by atoms with Gasteiger partial charge in [0.05, 0.1) is 12.8 Å². The third-order valence-corrected chi connectivity index (χ3v) is 5.06. The fraction of sp³-hybridized carbons (Fsp3) is 0.0800. The summed E-state index contributed by atoms with van der Waals surface area (Å²) in [7, 11) is 1.62. The van der Waals surface area contributed by atoms with Gasteiger partial charge in [-0.15, -0.1) is 0 Å². The first-order valence-electron chi connectivity index (χ1n) is 9.98. The molecule has 0 saturated carbocycles. The first kappa shape index (κ1) is 21.3. The average Bonchev–Trinajstić information content (AvgIpc) is 2.84. The maximum atomic E-state index is 12.4. The molecule has 7 heteroatoms. The molecule has 6 nitrogen and oxygen atoms in total. The second-order valence-corrected chi connectivity index (χ2v) is 7.44. The number of amides is 1. The van der Waals surface area contributed by atoms with Crippen molar-refractivity contribution >= 4 is 29.1 Å². The summed E-state index contributed by atoms with van der Waals surface area (Å²) in [5.41, 5.74) is 4.08. The number of anilines is 2. The second-order valence-electron chi connectivity index (χ2n) is 7.01. The van der Waals surface area contributed by atoms with Crippen LogP contribution in [0.25, 0.3) is 11.3 Å². The quantitative estimate of drug-likeness (QED) is 0.394. The van der Waals surface area contributed by atoms with E-state index in [1.165, 1.54) is 0 Å². The number of aromatic nitrogens is 2. The molecule has 0 spiro atoms. The van der Waals surface area contributed by atoms with E-state index in [2.05, 4.69) is 20.6 Å². The molecule has 0 fully saturated rings. The number of methoxy groups -OCH3 is 1. The summed E-state index contributed by atoms with van der Waals surface area (Å²) < 4.78 is 5.14. The van der Waals surface area contributed by atoms with Crippen molar-refractivity contribution in [3.8, 4) is 17.0 Å². The predicted molar refractivity (Wildman–Crippen MR) is 126 cm³/mol. The molecule has 0 atom stereocenters. The Labute approximate surface area is 191 Å². The summed E-state index contributed by atoms with van der Waals surface area (Å²) in [4.78, 5) is 21.3. The third kappa shape index (κ3) is 5.42. The van der Waals surface area contributed by atoms with Crippen LogP contribution in [0.2, 0.25) is 5.02 Å². The summed E-state index contributed by atoms with van der Waals surface area (Å²) in [5.74, 6) is 1.10. The Morgan fingerprint density at radius 3 is 2.34 bits per heavy atom. The summed E-state index contributed by atoms with van der Waals surface area (Å²) in [6, 6.07) is 24.0. The molecule has 160 valence electrons. The Hall–Kier alpha value is -3.90. The lowest BCUT2D eigenvalue weighted by atomic mass is 10.1. The molecule has 1 heterocycles. The van der Waals surface area contributed by atoms with Crippen molar-refractivity contribution in [2.75, 3.05) is 12.4 Å². The first-order valence-corrected chi connectivity index (χ1v) is 10.4. The van der Waals surface area contributed by atoms with E-state index in [-0.39, 0.29) is 5.91 Å². The summed E-state index contributed by atoms with van der Waals surface area (Å²) in [6.45, 7) is 0.439. The van der Waals surface area contributed by atoms with Gasteiger partial charge in [-0.3, -0.25) is 4.79 Å². The van der Waals surface area contributed by atoms with Crippen LogP contribution in [0, 0.1) is 0 Å². The van der Waals surface area contributed by atoms with E-state index in [1.807, 2.05) is 66.7 Å². The highest BCUT2D eigenvalue weighted by Gasteiger charge is 2.07. The highest BCUT2D eigenvalue weighted by Crippen LogP contribution is 2.21. The van der Waals surface area contributed by atoms with E-state index in [0.29, 0.717) is 23.1 Å². The number of nitrogens with zero attached hydrogens (tertiary/aromatic N) is 2. The van der Waals surface area contributed by atoms with Crippen LogP contribution in [-0.2, 0) is 6.54 Å². The molecule has 0 aliphatic heterocycles. The van der Waals surface area contributed by atoms with Crippen molar-refractivity contribution in [2.45, 2.75) is 6.54 Å². The van der Waals surface area contributed by atoms with E-state index in [1.54, 1.807) is 25.4 Å². The predicted octanol–water partition coefficient (Wildman–Crippen LogP) is 5.48. The number of halogens is 1. The Morgan fingerprint density at radius 1 is 0.938 bits per heavy atom. The lowest BCUT2D eigenvalue weighted by Gasteiger charge is -2.09. The van der Waals surface area contributed by atoms with Crippen LogP contribution >= 0.6 is 11.6 Å². The van der Waals surface area contributed by atoms with Crippen LogP contribution in [0.1, 0.15) is 15.9 Å². The van der Waals surface area contributed by atoms with Crippen LogP contribution in [0.3, 0.4) is 0 Å². The highest BCUT2D eigenvalue weighted by atomic mass is 35.5. The van der Waals surface area contributed by atoms with E-state index in [9.17, 15) is 4.79 Å². The molecule has 0 unspecified atom stereocenters. The largest absolute Gasteiger partial charge is 0.497 e. The normalized spacial score (nSPS) is 10.4. The molecule has 4 aromatic rings. The zero-order valence-electron chi connectivity index (χ0n) is 17.4. The third-order valence-electron chi connectivity index (χ3n) is 4.81. The molecule has 0 saturated heterocycles. The molecular weight excluding hydrogens is 424 g/mol. The number of carbonyl (C=O) groups excluding carboxylic acids is 1. The Bertz CT molecular complexity index is 1190. The van der Waals surface area contributed by atoms with Gasteiger partial charge >= 0.3 is 0 Å². The number of rotatable bonds is 7. The van der Waals surface area contributed by atoms with Gasteiger partial charge in [0.2, 0.25) is 5.95 Å². The van der Waals surface area contributed by atoms with E-state index in [4.69, 9.17) is 16.3 Å². The molecular formula is C25H21ClN4O2. The van der Waals surface area contributed by atoms with Gasteiger partial charge in [0.1, 0.15) is 5.75 Å². The molecule has 0 aliphatic carbocycles. The van der Waals surface area contributed by atoms with Gasteiger partial charge in [-0.25, -0.2) is 9.97 Å². The number of hydrogen-bond donors (Lipinski definition) is 2. The molecule has 0 aliphatic rings. The van der Waals surface area contributed by atoms with Gasteiger partial charge in [0, 0.05) is 34.6 Å².